The lowest BCUT2D eigenvalue weighted by molar-refractivity contribution is 0.102. The van der Waals surface area contributed by atoms with Crippen molar-refractivity contribution < 1.29 is 17.9 Å². The van der Waals surface area contributed by atoms with Gasteiger partial charge in [0.1, 0.15) is 16.4 Å². The zero-order chi connectivity index (χ0) is 15.5. The first-order chi connectivity index (χ1) is 9.94. The van der Waals surface area contributed by atoms with Crippen LogP contribution in [0.15, 0.2) is 53.4 Å². The van der Waals surface area contributed by atoms with Gasteiger partial charge in [0.2, 0.25) is 0 Å². The smallest absolute Gasteiger partial charge is 0.189 e. The highest BCUT2D eigenvalue weighted by atomic mass is 127. The molecule has 110 valence electrons. The largest absolute Gasteiger partial charge is 0.495 e. The molecule has 6 heteroatoms. The Morgan fingerprint density at radius 1 is 1.10 bits per heavy atom. The lowest BCUT2D eigenvalue weighted by Gasteiger charge is -2.08. The van der Waals surface area contributed by atoms with Gasteiger partial charge in [-0.15, -0.1) is 0 Å². The molecular formula is C15H13IO4S. The first kappa shape index (κ1) is 16.0. The van der Waals surface area contributed by atoms with Crippen LogP contribution < -0.4 is 4.74 Å². The summed E-state index contributed by atoms with van der Waals surface area (Å²) < 4.78 is 30.7. The molecule has 0 N–H and O–H groups in total. The molecule has 0 atom stereocenters. The number of benzene rings is 2. The summed E-state index contributed by atoms with van der Waals surface area (Å²) in [6.07, 6.45) is 0. The second kappa shape index (κ2) is 6.57. The Kier molecular flexibility index (Phi) is 5.00. The summed E-state index contributed by atoms with van der Waals surface area (Å²) in [6.45, 7) is 0. The Labute approximate surface area is 137 Å². The maximum Gasteiger partial charge on any atom is 0.189 e. The van der Waals surface area contributed by atoms with Gasteiger partial charge in [-0.25, -0.2) is 8.42 Å². The Morgan fingerprint density at radius 2 is 1.71 bits per heavy atom. The second-order valence-corrected chi connectivity index (χ2v) is 7.54. The van der Waals surface area contributed by atoms with Gasteiger partial charge in [-0.05, 0) is 46.9 Å². The van der Waals surface area contributed by atoms with Crippen LogP contribution in [-0.2, 0) is 9.84 Å². The quantitative estimate of drug-likeness (QED) is 0.556. The van der Waals surface area contributed by atoms with Crippen LogP contribution in [0.2, 0.25) is 0 Å². The molecule has 0 unspecified atom stereocenters. The maximum absolute atomic E-state index is 12.4. The minimum Gasteiger partial charge on any atom is -0.495 e. The van der Waals surface area contributed by atoms with Crippen molar-refractivity contribution in [3.63, 3.8) is 0 Å². The molecule has 2 aromatic carbocycles. The molecule has 0 amide bonds. The number of ether oxygens (including phenoxy) is 1. The second-order valence-electron chi connectivity index (χ2n) is 4.34. The molecule has 0 aromatic heterocycles. The molecule has 2 rings (SSSR count). The first-order valence-corrected chi connectivity index (χ1v) is 8.81. The summed E-state index contributed by atoms with van der Waals surface area (Å²) >= 11 is 2.12. The standard InChI is InChI=1S/C15H13IO4S/c1-20-14-4-2-3-5-15(14)21(18,19)10-13(17)11-6-8-12(16)9-7-11/h2-9H,10H2,1H3. The van der Waals surface area contributed by atoms with E-state index in [0.29, 0.717) is 5.56 Å². The Morgan fingerprint density at radius 3 is 2.33 bits per heavy atom. The fourth-order valence-corrected chi connectivity index (χ4v) is 3.62. The van der Waals surface area contributed by atoms with Gasteiger partial charge in [-0.3, -0.25) is 4.79 Å². The number of rotatable bonds is 5. The van der Waals surface area contributed by atoms with E-state index in [-0.39, 0.29) is 10.6 Å². The molecule has 0 aliphatic rings. The Hall–Kier alpha value is -1.41. The van der Waals surface area contributed by atoms with Crippen LogP contribution in [0.25, 0.3) is 0 Å². The number of Topliss-reactive ketones (excluding diaryl/α,β-unsaturated/α-hetero) is 1. The Balaban J connectivity index is 2.29. The van der Waals surface area contributed by atoms with Gasteiger partial charge in [-0.1, -0.05) is 24.3 Å². The zero-order valence-electron chi connectivity index (χ0n) is 11.2. The molecular weight excluding hydrogens is 403 g/mol. The van der Waals surface area contributed by atoms with Crippen LogP contribution in [0.4, 0.5) is 0 Å². The van der Waals surface area contributed by atoms with E-state index in [1.54, 1.807) is 42.5 Å². The van der Waals surface area contributed by atoms with Crippen molar-refractivity contribution in [1.82, 2.24) is 0 Å². The maximum atomic E-state index is 12.4. The van der Waals surface area contributed by atoms with Crippen LogP contribution in [0.1, 0.15) is 10.4 Å². The van der Waals surface area contributed by atoms with Gasteiger partial charge in [0, 0.05) is 9.13 Å². The molecule has 0 saturated heterocycles. The topological polar surface area (TPSA) is 60.4 Å². The van der Waals surface area contributed by atoms with E-state index in [1.165, 1.54) is 13.2 Å². The highest BCUT2D eigenvalue weighted by Crippen LogP contribution is 2.24. The molecule has 0 heterocycles. The number of hydrogen-bond donors (Lipinski definition) is 0. The average Bonchev–Trinajstić information content (AvgIpc) is 2.47. The van der Waals surface area contributed by atoms with E-state index in [0.717, 1.165) is 3.57 Å². The highest BCUT2D eigenvalue weighted by molar-refractivity contribution is 14.1. The minimum absolute atomic E-state index is 0.0337. The molecule has 4 nitrogen and oxygen atoms in total. The number of methoxy groups -OCH3 is 1. The Bertz CT molecular complexity index is 751. The van der Waals surface area contributed by atoms with Crippen molar-refractivity contribution >= 4 is 38.2 Å². The van der Waals surface area contributed by atoms with Crippen LogP contribution in [0, 0.1) is 3.57 Å². The average molecular weight is 416 g/mol. The van der Waals surface area contributed by atoms with Crippen LogP contribution in [-0.4, -0.2) is 27.1 Å². The van der Waals surface area contributed by atoms with Gasteiger partial charge in [0.25, 0.3) is 0 Å². The first-order valence-electron chi connectivity index (χ1n) is 6.08. The summed E-state index contributed by atoms with van der Waals surface area (Å²) in [4.78, 5) is 12.2. The summed E-state index contributed by atoms with van der Waals surface area (Å²) in [5.74, 6) is -0.765. The van der Waals surface area contributed by atoms with Crippen molar-refractivity contribution in [3.8, 4) is 5.75 Å². The van der Waals surface area contributed by atoms with Gasteiger partial charge < -0.3 is 4.74 Å². The predicted molar refractivity (Wildman–Crippen MR) is 88.5 cm³/mol. The van der Waals surface area contributed by atoms with Gasteiger partial charge in [-0.2, -0.15) is 0 Å². The number of carbonyl (C=O) groups excluding carboxylic acids is 1. The van der Waals surface area contributed by atoms with Gasteiger partial charge >= 0.3 is 0 Å². The number of ketones is 1. The fraction of sp³-hybridized carbons (Fsp3) is 0.133. The molecule has 0 radical (unpaired) electrons. The minimum atomic E-state index is -3.74. The third kappa shape index (κ3) is 3.82. The number of sulfone groups is 1. The lowest BCUT2D eigenvalue weighted by atomic mass is 10.2. The third-order valence-electron chi connectivity index (χ3n) is 2.89. The highest BCUT2D eigenvalue weighted by Gasteiger charge is 2.23. The van der Waals surface area contributed by atoms with Crippen molar-refractivity contribution in [3.05, 3.63) is 57.7 Å². The number of para-hydroxylation sites is 1. The van der Waals surface area contributed by atoms with Gasteiger partial charge in [0.05, 0.1) is 7.11 Å². The fourth-order valence-electron chi connectivity index (χ4n) is 1.85. The monoisotopic (exact) mass is 416 g/mol. The molecule has 0 fully saturated rings. The molecule has 0 aliphatic carbocycles. The van der Waals surface area contributed by atoms with Crippen LogP contribution in [0.5, 0.6) is 5.75 Å². The molecule has 2 aromatic rings. The van der Waals surface area contributed by atoms with Crippen molar-refractivity contribution in [1.29, 1.82) is 0 Å². The van der Waals surface area contributed by atoms with Crippen LogP contribution >= 0.6 is 22.6 Å². The molecule has 0 saturated carbocycles. The molecule has 0 spiro atoms. The van der Waals surface area contributed by atoms with Crippen molar-refractivity contribution in [2.45, 2.75) is 4.90 Å². The van der Waals surface area contributed by atoms with Crippen molar-refractivity contribution in [2.24, 2.45) is 0 Å². The van der Waals surface area contributed by atoms with E-state index >= 15 is 0 Å². The van der Waals surface area contributed by atoms with E-state index in [4.69, 9.17) is 4.74 Å². The van der Waals surface area contributed by atoms with E-state index < -0.39 is 21.4 Å². The van der Waals surface area contributed by atoms with E-state index in [9.17, 15) is 13.2 Å². The van der Waals surface area contributed by atoms with E-state index in [1.807, 2.05) is 0 Å². The lowest BCUT2D eigenvalue weighted by Crippen LogP contribution is -2.17. The summed E-state index contributed by atoms with van der Waals surface area (Å²) in [5.41, 5.74) is 0.383. The third-order valence-corrected chi connectivity index (χ3v) is 5.26. The summed E-state index contributed by atoms with van der Waals surface area (Å²) in [7, 11) is -2.34. The summed E-state index contributed by atoms with van der Waals surface area (Å²) in [5, 5.41) is 0. The number of halogens is 1. The molecule has 21 heavy (non-hydrogen) atoms. The zero-order valence-corrected chi connectivity index (χ0v) is 14.2. The van der Waals surface area contributed by atoms with Crippen molar-refractivity contribution in [2.75, 3.05) is 12.9 Å². The molecule has 0 bridgehead atoms. The normalized spacial score (nSPS) is 11.1. The van der Waals surface area contributed by atoms with Crippen LogP contribution in [0.3, 0.4) is 0 Å². The number of carbonyl (C=O) groups is 1. The SMILES string of the molecule is COc1ccccc1S(=O)(=O)CC(=O)c1ccc(I)cc1. The number of hydrogen-bond acceptors (Lipinski definition) is 4. The summed E-state index contributed by atoms with van der Waals surface area (Å²) in [6, 6.07) is 13.1. The van der Waals surface area contributed by atoms with E-state index in [2.05, 4.69) is 22.6 Å². The van der Waals surface area contributed by atoms with Gasteiger partial charge in [0.15, 0.2) is 15.6 Å². The predicted octanol–water partition coefficient (Wildman–Crippen LogP) is 2.96. The molecule has 0 aliphatic heterocycles.